The third kappa shape index (κ3) is 3.41. The molecule has 0 atom stereocenters. The lowest BCUT2D eigenvalue weighted by molar-refractivity contribution is 0.102. The Morgan fingerprint density at radius 2 is 1.89 bits per heavy atom. The van der Waals surface area contributed by atoms with Crippen molar-refractivity contribution >= 4 is 56.4 Å². The van der Waals surface area contributed by atoms with Crippen molar-refractivity contribution < 1.29 is 4.79 Å². The van der Waals surface area contributed by atoms with Crippen molar-refractivity contribution in [2.45, 2.75) is 0 Å². The van der Waals surface area contributed by atoms with Crippen LogP contribution in [0.25, 0.3) is 0 Å². The molecule has 1 amide bonds. The molecule has 0 bridgehead atoms. The van der Waals surface area contributed by atoms with Gasteiger partial charge in [-0.05, 0) is 52.3 Å². The summed E-state index contributed by atoms with van der Waals surface area (Å²) in [5, 5.41) is 3.50. The molecule has 0 saturated heterocycles. The first-order valence-electron chi connectivity index (χ1n) is 5.29. The van der Waals surface area contributed by atoms with Crippen molar-refractivity contribution in [1.82, 2.24) is 0 Å². The summed E-state index contributed by atoms with van der Waals surface area (Å²) in [5.41, 5.74) is 7.23. The fraction of sp³-hybridized carbons (Fsp3) is 0. The van der Waals surface area contributed by atoms with Gasteiger partial charge in [-0.15, -0.1) is 0 Å². The number of nitrogen functional groups attached to an aromatic ring is 1. The Morgan fingerprint density at radius 3 is 2.53 bits per heavy atom. The van der Waals surface area contributed by atoms with Crippen LogP contribution >= 0.6 is 39.1 Å². The monoisotopic (exact) mass is 358 g/mol. The number of carbonyl (C=O) groups excluding carboxylic acids is 1. The van der Waals surface area contributed by atoms with E-state index < -0.39 is 0 Å². The molecule has 2 rings (SSSR count). The maximum atomic E-state index is 12.1. The van der Waals surface area contributed by atoms with Crippen LogP contribution < -0.4 is 11.1 Å². The summed E-state index contributed by atoms with van der Waals surface area (Å²) < 4.78 is 0.773. The van der Waals surface area contributed by atoms with Crippen molar-refractivity contribution in [3.05, 3.63) is 56.5 Å². The fourth-order valence-electron chi connectivity index (χ4n) is 1.49. The van der Waals surface area contributed by atoms with E-state index in [9.17, 15) is 4.79 Å². The van der Waals surface area contributed by atoms with Crippen molar-refractivity contribution in [1.29, 1.82) is 0 Å². The zero-order valence-corrected chi connectivity index (χ0v) is 12.7. The maximum Gasteiger partial charge on any atom is 0.257 e. The Kier molecular flexibility index (Phi) is 4.34. The second kappa shape index (κ2) is 5.82. The van der Waals surface area contributed by atoms with Gasteiger partial charge in [0.1, 0.15) is 0 Å². The Labute approximate surface area is 128 Å². The number of halogens is 3. The quantitative estimate of drug-likeness (QED) is 0.770. The van der Waals surface area contributed by atoms with Gasteiger partial charge in [-0.25, -0.2) is 0 Å². The van der Waals surface area contributed by atoms with Crippen molar-refractivity contribution in [2.24, 2.45) is 0 Å². The van der Waals surface area contributed by atoms with Crippen LogP contribution in [0.5, 0.6) is 0 Å². The molecule has 0 radical (unpaired) electrons. The van der Waals surface area contributed by atoms with E-state index in [1.54, 1.807) is 30.3 Å². The molecule has 6 heteroatoms. The highest BCUT2D eigenvalue weighted by molar-refractivity contribution is 9.10. The lowest BCUT2D eigenvalue weighted by Gasteiger charge is -2.08. The minimum atomic E-state index is -0.316. The molecule has 3 N–H and O–H groups in total. The minimum absolute atomic E-state index is 0.301. The van der Waals surface area contributed by atoms with Gasteiger partial charge in [0.2, 0.25) is 0 Å². The van der Waals surface area contributed by atoms with Gasteiger partial charge in [-0.1, -0.05) is 23.2 Å². The largest absolute Gasteiger partial charge is 0.398 e. The van der Waals surface area contributed by atoms with Crippen LogP contribution in [0.2, 0.25) is 10.0 Å². The summed E-state index contributed by atoms with van der Waals surface area (Å²) >= 11 is 15.0. The molecular weight excluding hydrogens is 351 g/mol. The van der Waals surface area contributed by atoms with E-state index in [0.29, 0.717) is 27.0 Å². The molecule has 0 spiro atoms. The second-order valence-electron chi connectivity index (χ2n) is 3.81. The number of amides is 1. The van der Waals surface area contributed by atoms with Gasteiger partial charge in [0, 0.05) is 20.9 Å². The smallest absolute Gasteiger partial charge is 0.257 e. The SMILES string of the molecule is Nc1cc(NC(=O)c2ccc(Cl)cc2Cl)ccc1Br. The normalized spacial score (nSPS) is 10.3. The molecule has 0 heterocycles. The van der Waals surface area contributed by atoms with Gasteiger partial charge in [-0.3, -0.25) is 4.79 Å². The molecular formula is C13H9BrCl2N2O. The molecule has 0 saturated carbocycles. The molecule has 98 valence electrons. The summed E-state index contributed by atoms with van der Waals surface area (Å²) in [7, 11) is 0. The number of anilines is 2. The van der Waals surface area contributed by atoms with E-state index in [1.165, 1.54) is 6.07 Å². The molecule has 0 aromatic heterocycles. The standard InChI is InChI=1S/C13H9BrCl2N2O/c14-10-4-2-8(6-12(10)17)18-13(19)9-3-1-7(15)5-11(9)16/h1-6H,17H2,(H,18,19). The lowest BCUT2D eigenvalue weighted by Crippen LogP contribution is -2.12. The number of benzene rings is 2. The maximum absolute atomic E-state index is 12.1. The molecule has 3 nitrogen and oxygen atoms in total. The molecule has 19 heavy (non-hydrogen) atoms. The van der Waals surface area contributed by atoms with E-state index in [-0.39, 0.29) is 5.91 Å². The van der Waals surface area contributed by atoms with Crippen LogP contribution in [0, 0.1) is 0 Å². The molecule has 0 aliphatic rings. The zero-order chi connectivity index (χ0) is 14.0. The van der Waals surface area contributed by atoms with Crippen molar-refractivity contribution in [3.63, 3.8) is 0 Å². The predicted octanol–water partition coefficient (Wildman–Crippen LogP) is 4.59. The topological polar surface area (TPSA) is 55.1 Å². The average Bonchev–Trinajstić information content (AvgIpc) is 2.33. The first kappa shape index (κ1) is 14.2. The highest BCUT2D eigenvalue weighted by atomic mass is 79.9. The van der Waals surface area contributed by atoms with E-state index in [0.717, 1.165) is 4.47 Å². The van der Waals surface area contributed by atoms with Crippen LogP contribution in [0.3, 0.4) is 0 Å². The first-order valence-corrected chi connectivity index (χ1v) is 6.83. The van der Waals surface area contributed by atoms with Crippen LogP contribution in [-0.2, 0) is 0 Å². The van der Waals surface area contributed by atoms with Gasteiger partial charge >= 0.3 is 0 Å². The molecule has 2 aromatic rings. The lowest BCUT2D eigenvalue weighted by atomic mass is 10.2. The van der Waals surface area contributed by atoms with Gasteiger partial charge in [0.25, 0.3) is 5.91 Å². The van der Waals surface area contributed by atoms with Gasteiger partial charge in [-0.2, -0.15) is 0 Å². The number of hydrogen-bond donors (Lipinski definition) is 2. The van der Waals surface area contributed by atoms with Crippen LogP contribution in [0.15, 0.2) is 40.9 Å². The fourth-order valence-corrected chi connectivity index (χ4v) is 2.23. The van der Waals surface area contributed by atoms with Crippen LogP contribution in [-0.4, -0.2) is 5.91 Å². The second-order valence-corrected chi connectivity index (χ2v) is 5.51. The summed E-state index contributed by atoms with van der Waals surface area (Å²) in [5.74, 6) is -0.316. The van der Waals surface area contributed by atoms with E-state index in [4.69, 9.17) is 28.9 Å². The predicted molar refractivity (Wildman–Crippen MR) is 83.0 cm³/mol. The summed E-state index contributed by atoms with van der Waals surface area (Å²) in [6.45, 7) is 0. The molecule has 0 fully saturated rings. The van der Waals surface area contributed by atoms with Gasteiger partial charge in [0.15, 0.2) is 0 Å². The van der Waals surface area contributed by atoms with Crippen LogP contribution in [0.1, 0.15) is 10.4 Å². The molecule has 0 aliphatic carbocycles. The number of hydrogen-bond acceptors (Lipinski definition) is 2. The molecule has 0 unspecified atom stereocenters. The third-order valence-electron chi connectivity index (χ3n) is 2.43. The zero-order valence-electron chi connectivity index (χ0n) is 9.58. The summed E-state index contributed by atoms with van der Waals surface area (Å²) in [6, 6.07) is 9.86. The Hall–Kier alpha value is -1.23. The third-order valence-corrected chi connectivity index (χ3v) is 3.70. The minimum Gasteiger partial charge on any atom is -0.398 e. The molecule has 2 aromatic carbocycles. The van der Waals surface area contributed by atoms with E-state index in [2.05, 4.69) is 21.2 Å². The summed E-state index contributed by atoms with van der Waals surface area (Å²) in [4.78, 5) is 12.1. The number of rotatable bonds is 2. The van der Waals surface area contributed by atoms with Crippen molar-refractivity contribution in [2.75, 3.05) is 11.1 Å². The molecule has 0 aliphatic heterocycles. The summed E-state index contributed by atoms with van der Waals surface area (Å²) in [6.07, 6.45) is 0. The Bertz CT molecular complexity index is 647. The van der Waals surface area contributed by atoms with E-state index in [1.807, 2.05) is 0 Å². The number of nitrogens with one attached hydrogen (secondary N) is 1. The average molecular weight is 360 g/mol. The van der Waals surface area contributed by atoms with Gasteiger partial charge in [0.05, 0.1) is 10.6 Å². The van der Waals surface area contributed by atoms with Crippen LogP contribution in [0.4, 0.5) is 11.4 Å². The first-order chi connectivity index (χ1) is 8.97. The highest BCUT2D eigenvalue weighted by Gasteiger charge is 2.11. The van der Waals surface area contributed by atoms with Gasteiger partial charge < -0.3 is 11.1 Å². The van der Waals surface area contributed by atoms with E-state index >= 15 is 0 Å². The Balaban J connectivity index is 2.23. The van der Waals surface area contributed by atoms with Crippen molar-refractivity contribution in [3.8, 4) is 0 Å². The number of carbonyl (C=O) groups is 1. The number of nitrogens with two attached hydrogens (primary N) is 1. The Morgan fingerprint density at radius 1 is 1.16 bits per heavy atom. The highest BCUT2D eigenvalue weighted by Crippen LogP contribution is 2.25.